The molecule has 0 saturated heterocycles. The normalized spacial score (nSPS) is 22.4. The summed E-state index contributed by atoms with van der Waals surface area (Å²) < 4.78 is 5.59. The predicted molar refractivity (Wildman–Crippen MR) is 66.1 cm³/mol. The second-order valence-electron chi connectivity index (χ2n) is 3.39. The van der Waals surface area contributed by atoms with Crippen LogP contribution in [-0.2, 0) is 9.53 Å². The van der Waals surface area contributed by atoms with Crippen LogP contribution in [0.2, 0.25) is 0 Å². The van der Waals surface area contributed by atoms with Crippen LogP contribution in [0, 0.1) is 0 Å². The van der Waals surface area contributed by atoms with Crippen molar-refractivity contribution in [2.75, 3.05) is 6.61 Å². The van der Waals surface area contributed by atoms with Crippen molar-refractivity contribution in [2.45, 2.75) is 13.2 Å². The topological polar surface area (TPSA) is 62.1 Å². The molecule has 2 heterocycles. The number of carbonyl (C=O) groups excluding carboxylic acids is 1. The minimum absolute atomic E-state index is 0.127. The van der Waals surface area contributed by atoms with E-state index in [4.69, 9.17) is 4.74 Å². The number of allylic oxidation sites excluding steroid dienone is 2. The molecule has 0 unspecified atom stereocenters. The maximum absolute atomic E-state index is 11.6. The van der Waals surface area contributed by atoms with E-state index in [1.807, 2.05) is 6.08 Å². The molecule has 2 aliphatic rings. The van der Waals surface area contributed by atoms with Gasteiger partial charge in [0.05, 0.1) is 11.1 Å². The van der Waals surface area contributed by atoms with Crippen LogP contribution in [0.15, 0.2) is 39.6 Å². The van der Waals surface area contributed by atoms with Crippen LogP contribution < -0.4 is 0 Å². The zero-order valence-electron chi connectivity index (χ0n) is 9.13. The van der Waals surface area contributed by atoms with E-state index in [-0.39, 0.29) is 12.2 Å². The number of rotatable bonds is 2. The molecule has 0 bridgehead atoms. The summed E-state index contributed by atoms with van der Waals surface area (Å²) in [5.41, 5.74) is 0.127. The van der Waals surface area contributed by atoms with Crippen molar-refractivity contribution < 1.29 is 14.6 Å². The van der Waals surface area contributed by atoms with Crippen LogP contribution in [0.3, 0.4) is 0 Å². The highest BCUT2D eigenvalue weighted by molar-refractivity contribution is 9.12. The summed E-state index contributed by atoms with van der Waals surface area (Å²) >= 11 is 3.33. The fraction of sp³-hybridized carbons (Fsp3) is 0.273. The van der Waals surface area contributed by atoms with Crippen molar-refractivity contribution in [3.8, 4) is 0 Å². The number of amidine groups is 1. The molecule has 1 atom stereocenters. The van der Waals surface area contributed by atoms with E-state index in [1.54, 1.807) is 19.2 Å². The van der Waals surface area contributed by atoms with Gasteiger partial charge in [0.25, 0.3) is 0 Å². The number of hydrogen-bond acceptors (Lipinski definition) is 5. The Balaban J connectivity index is 2.31. The highest BCUT2D eigenvalue weighted by Gasteiger charge is 2.32. The highest BCUT2D eigenvalue weighted by atomic mass is 79.9. The molecule has 17 heavy (non-hydrogen) atoms. The van der Waals surface area contributed by atoms with Crippen molar-refractivity contribution in [1.82, 2.24) is 4.90 Å². The van der Waals surface area contributed by atoms with Crippen LogP contribution in [0.1, 0.15) is 6.92 Å². The van der Waals surface area contributed by atoms with Gasteiger partial charge >= 0.3 is 5.97 Å². The van der Waals surface area contributed by atoms with Crippen molar-refractivity contribution in [1.29, 1.82) is 0 Å². The standard InChI is InChI=1S/C11H11BrN2O3/c1-2-17-11(16)7-6-13-9-8(12)4-3-5-14(9)10(7)15/h3-6,10,15H,2H2,1H3/t10-/m1/s1. The van der Waals surface area contributed by atoms with Crippen molar-refractivity contribution in [2.24, 2.45) is 4.99 Å². The molecule has 5 nitrogen and oxygen atoms in total. The second-order valence-corrected chi connectivity index (χ2v) is 4.25. The van der Waals surface area contributed by atoms with Crippen LogP contribution in [-0.4, -0.2) is 34.6 Å². The first kappa shape index (κ1) is 12.1. The summed E-state index contributed by atoms with van der Waals surface area (Å²) in [6.45, 7) is 1.97. The fourth-order valence-corrected chi connectivity index (χ4v) is 1.99. The quantitative estimate of drug-likeness (QED) is 0.780. The first-order chi connectivity index (χ1) is 8.15. The molecular weight excluding hydrogens is 288 g/mol. The number of nitrogens with zero attached hydrogens (tertiary/aromatic N) is 2. The first-order valence-corrected chi connectivity index (χ1v) is 5.90. The van der Waals surface area contributed by atoms with Gasteiger partial charge in [-0.1, -0.05) is 0 Å². The SMILES string of the molecule is CCOC(=O)C1=CN=C2C(Br)=CC=CN2[C@@H]1O. The number of fused-ring (bicyclic) bond motifs is 1. The van der Waals surface area contributed by atoms with Crippen LogP contribution in [0.25, 0.3) is 0 Å². The van der Waals surface area contributed by atoms with Gasteiger partial charge in [0.15, 0.2) is 6.23 Å². The first-order valence-electron chi connectivity index (χ1n) is 5.11. The summed E-state index contributed by atoms with van der Waals surface area (Å²) in [6, 6.07) is 0. The number of hydrogen-bond donors (Lipinski definition) is 1. The molecule has 1 N–H and O–H groups in total. The zero-order chi connectivity index (χ0) is 12.4. The number of aliphatic hydroxyl groups is 1. The van der Waals surface area contributed by atoms with Gasteiger partial charge in [0.1, 0.15) is 11.4 Å². The van der Waals surface area contributed by atoms with E-state index in [0.717, 1.165) is 4.48 Å². The van der Waals surface area contributed by atoms with Crippen molar-refractivity contribution in [3.05, 3.63) is 34.6 Å². The van der Waals surface area contributed by atoms with Crippen LogP contribution in [0.4, 0.5) is 0 Å². The van der Waals surface area contributed by atoms with E-state index in [2.05, 4.69) is 20.9 Å². The number of ether oxygens (including phenoxy) is 1. The average Bonchev–Trinajstić information content (AvgIpc) is 2.31. The number of halogens is 1. The van der Waals surface area contributed by atoms with Crippen molar-refractivity contribution in [3.63, 3.8) is 0 Å². The zero-order valence-corrected chi connectivity index (χ0v) is 10.7. The Morgan fingerprint density at radius 3 is 3.18 bits per heavy atom. The molecule has 0 aromatic carbocycles. The Morgan fingerprint density at radius 2 is 2.47 bits per heavy atom. The van der Waals surface area contributed by atoms with Gasteiger partial charge in [-0.2, -0.15) is 0 Å². The van der Waals surface area contributed by atoms with Gasteiger partial charge in [-0.15, -0.1) is 0 Å². The average molecular weight is 299 g/mol. The van der Waals surface area contributed by atoms with Gasteiger partial charge in [0.2, 0.25) is 0 Å². The predicted octanol–water partition coefficient (Wildman–Crippen LogP) is 1.27. The number of carbonyl (C=O) groups is 1. The van der Waals surface area contributed by atoms with E-state index in [9.17, 15) is 9.90 Å². The summed E-state index contributed by atoms with van der Waals surface area (Å²) in [5.74, 6) is 0.00919. The third-order valence-electron chi connectivity index (χ3n) is 2.33. The smallest absolute Gasteiger partial charge is 0.340 e. The molecule has 2 rings (SSSR count). The molecule has 0 fully saturated rings. The van der Waals surface area contributed by atoms with E-state index in [1.165, 1.54) is 11.1 Å². The van der Waals surface area contributed by atoms with Gasteiger partial charge in [-0.05, 0) is 35.0 Å². The third kappa shape index (κ3) is 2.18. The molecular formula is C11H11BrN2O3. The summed E-state index contributed by atoms with van der Waals surface area (Å²) in [7, 11) is 0. The fourth-order valence-electron chi connectivity index (χ4n) is 1.53. The summed E-state index contributed by atoms with van der Waals surface area (Å²) in [5, 5.41) is 10.1. The lowest BCUT2D eigenvalue weighted by Crippen LogP contribution is -2.42. The van der Waals surface area contributed by atoms with Crippen molar-refractivity contribution >= 4 is 27.7 Å². The van der Waals surface area contributed by atoms with Crippen LogP contribution >= 0.6 is 15.9 Å². The molecule has 90 valence electrons. The Bertz CT molecular complexity index is 465. The monoisotopic (exact) mass is 298 g/mol. The van der Waals surface area contributed by atoms with Gasteiger partial charge in [-0.3, -0.25) is 0 Å². The van der Waals surface area contributed by atoms with Crippen LogP contribution in [0.5, 0.6) is 0 Å². The van der Waals surface area contributed by atoms with Gasteiger partial charge in [-0.25, -0.2) is 9.79 Å². The molecule has 0 amide bonds. The number of aliphatic hydroxyl groups excluding tert-OH is 1. The number of esters is 1. The largest absolute Gasteiger partial charge is 0.462 e. The maximum atomic E-state index is 11.6. The minimum atomic E-state index is -1.07. The molecule has 0 aromatic rings. The molecule has 0 aliphatic carbocycles. The maximum Gasteiger partial charge on any atom is 0.340 e. The molecule has 0 aromatic heterocycles. The lowest BCUT2D eigenvalue weighted by Gasteiger charge is -2.32. The molecule has 0 spiro atoms. The van der Waals surface area contributed by atoms with E-state index in [0.29, 0.717) is 5.84 Å². The highest BCUT2D eigenvalue weighted by Crippen LogP contribution is 2.25. The Kier molecular flexibility index (Phi) is 3.44. The van der Waals surface area contributed by atoms with E-state index < -0.39 is 12.2 Å². The Morgan fingerprint density at radius 1 is 1.71 bits per heavy atom. The Hall–Kier alpha value is -1.40. The second kappa shape index (κ2) is 4.85. The third-order valence-corrected chi connectivity index (χ3v) is 2.95. The summed E-state index contributed by atoms with van der Waals surface area (Å²) in [4.78, 5) is 17.2. The molecule has 0 saturated carbocycles. The number of aliphatic imine (C=N–C) groups is 1. The van der Waals surface area contributed by atoms with Gasteiger partial charge < -0.3 is 14.7 Å². The van der Waals surface area contributed by atoms with E-state index >= 15 is 0 Å². The summed E-state index contributed by atoms with van der Waals surface area (Å²) in [6.07, 6.45) is 5.48. The lowest BCUT2D eigenvalue weighted by atomic mass is 10.1. The molecule has 6 heteroatoms. The van der Waals surface area contributed by atoms with Gasteiger partial charge in [0, 0.05) is 12.4 Å². The minimum Gasteiger partial charge on any atom is -0.462 e. The lowest BCUT2D eigenvalue weighted by molar-refractivity contribution is -0.140. The molecule has 0 radical (unpaired) electrons. The Labute approximate surface area is 107 Å². The molecule has 2 aliphatic heterocycles.